The van der Waals surface area contributed by atoms with Gasteiger partial charge in [-0.05, 0) is 19.9 Å². The Bertz CT molecular complexity index is 641. The maximum absolute atomic E-state index is 11.0. The van der Waals surface area contributed by atoms with Crippen LogP contribution in [-0.4, -0.2) is 29.2 Å². The minimum absolute atomic E-state index is 0.0113. The Balaban J connectivity index is 2.40. The first-order valence-corrected chi connectivity index (χ1v) is 6.26. The van der Waals surface area contributed by atoms with Gasteiger partial charge >= 0.3 is 0 Å². The van der Waals surface area contributed by atoms with Crippen molar-refractivity contribution in [1.29, 1.82) is 0 Å². The summed E-state index contributed by atoms with van der Waals surface area (Å²) in [5, 5.41) is 15.0. The number of hydrogen-bond donors (Lipinski definition) is 1. The number of nitro benzene ring substituents is 1. The molecular weight excluding hydrogens is 258 g/mol. The third-order valence-electron chi connectivity index (χ3n) is 3.20. The predicted octanol–water partition coefficient (Wildman–Crippen LogP) is 2.98. The van der Waals surface area contributed by atoms with E-state index in [1.54, 1.807) is 25.4 Å². The van der Waals surface area contributed by atoms with Crippen LogP contribution in [0, 0.1) is 10.1 Å². The molecule has 0 saturated heterocycles. The normalized spacial score (nSPS) is 11.6. The van der Waals surface area contributed by atoms with Gasteiger partial charge in [-0.15, -0.1) is 0 Å². The summed E-state index contributed by atoms with van der Waals surface area (Å²) in [6.07, 6.45) is 1.57. The minimum atomic E-state index is -0.418. The summed E-state index contributed by atoms with van der Waals surface area (Å²) in [4.78, 5) is 14.7. The fourth-order valence-corrected chi connectivity index (χ4v) is 1.84. The average molecular weight is 275 g/mol. The van der Waals surface area contributed by atoms with E-state index in [0.29, 0.717) is 12.1 Å². The lowest BCUT2D eigenvalue weighted by Gasteiger charge is -2.24. The second-order valence-electron chi connectivity index (χ2n) is 5.11. The Hall–Kier alpha value is -2.21. The molecular formula is C14H17N3O3. The number of ether oxygens (including phenoxy) is 1. The monoisotopic (exact) mass is 275 g/mol. The van der Waals surface area contributed by atoms with E-state index < -0.39 is 4.92 Å². The molecule has 0 spiro atoms. The van der Waals surface area contributed by atoms with Crippen LogP contribution in [-0.2, 0) is 4.74 Å². The van der Waals surface area contributed by atoms with Gasteiger partial charge in [0.25, 0.3) is 5.69 Å². The van der Waals surface area contributed by atoms with Crippen molar-refractivity contribution < 1.29 is 9.66 Å². The van der Waals surface area contributed by atoms with E-state index in [0.717, 1.165) is 11.1 Å². The fourth-order valence-electron chi connectivity index (χ4n) is 1.84. The zero-order valence-corrected chi connectivity index (χ0v) is 11.7. The number of nitrogens with one attached hydrogen (secondary N) is 1. The molecule has 1 N–H and O–H groups in total. The topological polar surface area (TPSA) is 77.3 Å². The largest absolute Gasteiger partial charge is 0.382 e. The molecule has 6 nitrogen and oxygen atoms in total. The molecule has 0 aliphatic heterocycles. The molecule has 2 rings (SSSR count). The molecule has 0 fully saturated rings. The first kappa shape index (κ1) is 14.2. The van der Waals surface area contributed by atoms with Crippen LogP contribution in [0.4, 0.5) is 11.4 Å². The molecule has 0 saturated carbocycles. The fraction of sp³-hybridized carbons (Fsp3) is 0.357. The van der Waals surface area contributed by atoms with Gasteiger partial charge in [0.2, 0.25) is 0 Å². The lowest BCUT2D eigenvalue weighted by atomic mass is 10.1. The van der Waals surface area contributed by atoms with E-state index in [4.69, 9.17) is 4.74 Å². The number of non-ortho nitro benzene ring substituents is 1. The smallest absolute Gasteiger partial charge is 0.295 e. The highest BCUT2D eigenvalue weighted by molar-refractivity contribution is 5.96. The van der Waals surface area contributed by atoms with Crippen molar-refractivity contribution in [3.63, 3.8) is 0 Å². The number of nitro groups is 1. The highest BCUT2D eigenvalue weighted by Crippen LogP contribution is 2.28. The van der Waals surface area contributed by atoms with Gasteiger partial charge in [-0.2, -0.15) is 0 Å². The van der Waals surface area contributed by atoms with E-state index in [-0.39, 0.29) is 11.3 Å². The summed E-state index contributed by atoms with van der Waals surface area (Å²) < 4.78 is 5.35. The van der Waals surface area contributed by atoms with Crippen molar-refractivity contribution in [2.24, 2.45) is 0 Å². The number of para-hydroxylation sites is 1. The number of benzene rings is 1. The number of pyridine rings is 1. The number of aromatic nitrogens is 1. The molecule has 1 aromatic heterocycles. The quantitative estimate of drug-likeness (QED) is 0.670. The molecule has 6 heteroatoms. The van der Waals surface area contributed by atoms with E-state index >= 15 is 0 Å². The molecule has 0 unspecified atom stereocenters. The van der Waals surface area contributed by atoms with Gasteiger partial charge in [0.05, 0.1) is 10.5 Å². The number of rotatable bonds is 5. The van der Waals surface area contributed by atoms with E-state index in [2.05, 4.69) is 10.3 Å². The van der Waals surface area contributed by atoms with Gasteiger partial charge < -0.3 is 10.1 Å². The van der Waals surface area contributed by atoms with E-state index in [9.17, 15) is 10.1 Å². The van der Waals surface area contributed by atoms with Crippen LogP contribution >= 0.6 is 0 Å². The van der Waals surface area contributed by atoms with Gasteiger partial charge in [0, 0.05) is 37.0 Å². The van der Waals surface area contributed by atoms with Crippen LogP contribution in [0.1, 0.15) is 13.8 Å². The maximum atomic E-state index is 11.0. The van der Waals surface area contributed by atoms with Crippen LogP contribution in [0.3, 0.4) is 0 Å². The Labute approximate surface area is 116 Å². The highest BCUT2D eigenvalue weighted by atomic mass is 16.6. The molecule has 0 aliphatic rings. The number of nitrogens with zero attached hydrogens (tertiary/aromatic N) is 2. The summed E-state index contributed by atoms with van der Waals surface area (Å²) in [7, 11) is 1.65. The Morgan fingerprint density at radius 1 is 1.40 bits per heavy atom. The van der Waals surface area contributed by atoms with Gasteiger partial charge in [0.15, 0.2) is 0 Å². The number of fused-ring (bicyclic) bond motifs is 1. The average Bonchev–Trinajstić information content (AvgIpc) is 2.44. The van der Waals surface area contributed by atoms with Gasteiger partial charge in [0.1, 0.15) is 5.52 Å². The lowest BCUT2D eigenvalue weighted by molar-refractivity contribution is -0.383. The standard InChI is InChI=1S/C14H17N3O3/c1-14(2,20-3)9-16-11-7-8-15-13-10(11)5-4-6-12(13)17(18)19/h4-8H,9H2,1-3H3,(H,15,16). The molecule has 2 aromatic rings. The van der Waals surface area contributed by atoms with Crippen LogP contribution < -0.4 is 5.32 Å². The molecule has 1 aromatic carbocycles. The zero-order valence-electron chi connectivity index (χ0n) is 11.7. The molecule has 0 atom stereocenters. The summed E-state index contributed by atoms with van der Waals surface area (Å²) in [6.45, 7) is 4.52. The SMILES string of the molecule is COC(C)(C)CNc1ccnc2c([N+](=O)[O-])cccc12. The molecule has 1 heterocycles. The molecule has 0 amide bonds. The van der Waals surface area contributed by atoms with Gasteiger partial charge in [-0.1, -0.05) is 12.1 Å². The third kappa shape index (κ3) is 2.85. The first-order valence-electron chi connectivity index (χ1n) is 6.26. The second kappa shape index (κ2) is 5.42. The van der Waals surface area contributed by atoms with Crippen LogP contribution in [0.2, 0.25) is 0 Å². The molecule has 20 heavy (non-hydrogen) atoms. The molecule has 0 bridgehead atoms. The van der Waals surface area contributed by atoms with Crippen molar-refractivity contribution in [3.8, 4) is 0 Å². The molecule has 106 valence electrons. The maximum Gasteiger partial charge on any atom is 0.295 e. The van der Waals surface area contributed by atoms with Crippen molar-refractivity contribution in [3.05, 3.63) is 40.6 Å². The van der Waals surface area contributed by atoms with E-state index in [1.165, 1.54) is 6.07 Å². The predicted molar refractivity (Wildman–Crippen MR) is 78.0 cm³/mol. The van der Waals surface area contributed by atoms with Crippen molar-refractivity contribution in [2.75, 3.05) is 19.0 Å². The minimum Gasteiger partial charge on any atom is -0.382 e. The third-order valence-corrected chi connectivity index (χ3v) is 3.20. The summed E-state index contributed by atoms with van der Waals surface area (Å²) in [6, 6.07) is 6.74. The summed E-state index contributed by atoms with van der Waals surface area (Å²) >= 11 is 0. The highest BCUT2D eigenvalue weighted by Gasteiger charge is 2.18. The summed E-state index contributed by atoms with van der Waals surface area (Å²) in [5.41, 5.74) is 0.884. The van der Waals surface area contributed by atoms with Gasteiger partial charge in [-0.25, -0.2) is 4.98 Å². The van der Waals surface area contributed by atoms with Gasteiger partial charge in [-0.3, -0.25) is 10.1 Å². The van der Waals surface area contributed by atoms with Crippen molar-refractivity contribution in [2.45, 2.75) is 19.4 Å². The number of anilines is 1. The number of hydrogen-bond acceptors (Lipinski definition) is 5. The first-order chi connectivity index (χ1) is 9.44. The van der Waals surface area contributed by atoms with Crippen molar-refractivity contribution >= 4 is 22.3 Å². The molecule has 0 radical (unpaired) electrons. The summed E-state index contributed by atoms with van der Waals surface area (Å²) in [5.74, 6) is 0. The Kier molecular flexibility index (Phi) is 3.85. The Morgan fingerprint density at radius 3 is 2.80 bits per heavy atom. The second-order valence-corrected chi connectivity index (χ2v) is 5.11. The molecule has 0 aliphatic carbocycles. The van der Waals surface area contributed by atoms with E-state index in [1.807, 2.05) is 19.9 Å². The van der Waals surface area contributed by atoms with Crippen molar-refractivity contribution in [1.82, 2.24) is 4.98 Å². The zero-order chi connectivity index (χ0) is 14.8. The lowest BCUT2D eigenvalue weighted by Crippen LogP contribution is -2.32. The van der Waals surface area contributed by atoms with Crippen LogP contribution in [0.15, 0.2) is 30.5 Å². The van der Waals surface area contributed by atoms with Crippen LogP contribution in [0.25, 0.3) is 10.9 Å². The number of methoxy groups -OCH3 is 1. The van der Waals surface area contributed by atoms with Crippen LogP contribution in [0.5, 0.6) is 0 Å². The Morgan fingerprint density at radius 2 is 2.15 bits per heavy atom.